The minimum absolute atomic E-state index is 0.220. The van der Waals surface area contributed by atoms with Crippen LogP contribution in [0.1, 0.15) is 27.8 Å². The fourth-order valence-corrected chi connectivity index (χ4v) is 1.90. The zero-order valence-corrected chi connectivity index (χ0v) is 12.7. The highest BCUT2D eigenvalue weighted by Crippen LogP contribution is 2.24. The highest BCUT2D eigenvalue weighted by molar-refractivity contribution is 5.95. The molecule has 132 valence electrons. The van der Waals surface area contributed by atoms with Crippen LogP contribution in [0, 0.1) is 0 Å². The summed E-state index contributed by atoms with van der Waals surface area (Å²) < 4.78 is 42.3. The number of rotatable bonds is 5. The van der Waals surface area contributed by atoms with E-state index < -0.39 is 35.7 Å². The lowest BCUT2D eigenvalue weighted by Crippen LogP contribution is -2.30. The maximum atomic E-state index is 12.4. The number of aromatic nitrogens is 2. The van der Waals surface area contributed by atoms with Gasteiger partial charge in [-0.25, -0.2) is 4.79 Å². The van der Waals surface area contributed by atoms with Crippen molar-refractivity contribution in [3.8, 4) is 11.4 Å². The van der Waals surface area contributed by atoms with Crippen LogP contribution < -0.4 is 10.3 Å². The Morgan fingerprint density at radius 3 is 2.48 bits per heavy atom. The number of nitrogens with zero attached hydrogens (tertiary/aromatic N) is 2. The van der Waals surface area contributed by atoms with Crippen LogP contribution in [0.2, 0.25) is 0 Å². The molecule has 0 bridgehead atoms. The number of hydrogen-bond acceptors (Lipinski definition) is 5. The number of carboxylic acids is 1. The Kier molecular flexibility index (Phi) is 4.91. The first kappa shape index (κ1) is 18.2. The third kappa shape index (κ3) is 4.22. The molecule has 0 fully saturated rings. The van der Waals surface area contributed by atoms with Crippen molar-refractivity contribution < 1.29 is 32.6 Å². The summed E-state index contributed by atoms with van der Waals surface area (Å²) in [6.07, 6.45) is -4.61. The van der Waals surface area contributed by atoms with Gasteiger partial charge in [0.05, 0.1) is 0 Å². The van der Waals surface area contributed by atoms with Gasteiger partial charge in [0.1, 0.15) is 22.7 Å². The fourth-order valence-electron chi connectivity index (χ4n) is 1.90. The number of hydrogen-bond donors (Lipinski definition) is 1. The quantitative estimate of drug-likeness (QED) is 0.824. The van der Waals surface area contributed by atoms with Gasteiger partial charge in [-0.3, -0.25) is 9.59 Å². The van der Waals surface area contributed by atoms with E-state index in [0.29, 0.717) is 4.68 Å². The summed E-state index contributed by atoms with van der Waals surface area (Å²) in [5.41, 5.74) is -2.41. The topological polar surface area (TPSA) is 98.5 Å². The van der Waals surface area contributed by atoms with Gasteiger partial charge in [0.2, 0.25) is 0 Å². The lowest BCUT2D eigenvalue weighted by Gasteiger charge is -2.14. The van der Waals surface area contributed by atoms with Gasteiger partial charge in [0.15, 0.2) is 12.4 Å². The second kappa shape index (κ2) is 6.75. The lowest BCUT2D eigenvalue weighted by molar-refractivity contribution is -0.153. The first-order valence-electron chi connectivity index (χ1n) is 6.77. The predicted octanol–water partition coefficient (Wildman–Crippen LogP) is 2.07. The molecule has 1 aromatic carbocycles. The Bertz CT molecular complexity index is 889. The zero-order valence-electron chi connectivity index (χ0n) is 12.7. The molecule has 0 radical (unpaired) electrons. The van der Waals surface area contributed by atoms with Crippen molar-refractivity contribution in [3.63, 3.8) is 0 Å². The van der Waals surface area contributed by atoms with Crippen LogP contribution in [0.3, 0.4) is 0 Å². The van der Waals surface area contributed by atoms with Crippen LogP contribution in [-0.2, 0) is 0 Å². The normalized spacial score (nSPS) is 11.2. The fraction of sp³-hybridized carbons (Fsp3) is 0.200. The second-order valence-corrected chi connectivity index (χ2v) is 4.89. The summed E-state index contributed by atoms with van der Waals surface area (Å²) in [7, 11) is 0. The molecule has 0 atom stereocenters. The van der Waals surface area contributed by atoms with E-state index in [2.05, 4.69) is 9.84 Å². The van der Waals surface area contributed by atoms with Gasteiger partial charge in [-0.1, -0.05) is 12.1 Å². The molecule has 1 heterocycles. The molecule has 0 unspecified atom stereocenters. The average Bonchev–Trinajstić information content (AvgIpc) is 2.52. The minimum Gasteiger partial charge on any atom is -0.482 e. The van der Waals surface area contributed by atoms with Crippen LogP contribution in [0.25, 0.3) is 5.69 Å². The summed E-state index contributed by atoms with van der Waals surface area (Å²) >= 11 is 0. The number of aromatic carboxylic acids is 1. The van der Waals surface area contributed by atoms with Gasteiger partial charge in [-0.2, -0.15) is 23.0 Å². The number of halogens is 3. The molecule has 2 aromatic rings. The Balaban J connectivity index is 2.64. The lowest BCUT2D eigenvalue weighted by atomic mass is 10.2. The van der Waals surface area contributed by atoms with Crippen LogP contribution in [0.4, 0.5) is 13.2 Å². The van der Waals surface area contributed by atoms with E-state index in [1.807, 2.05) is 0 Å². The summed E-state index contributed by atoms with van der Waals surface area (Å²) in [6, 6.07) is 5.95. The predicted molar refractivity (Wildman–Crippen MR) is 78.3 cm³/mol. The standard InChI is InChI=1S/C15H11F3N2O5/c1-8(21)10-6-9(14(23)24)13(22)20(19-10)11-4-2-3-5-12(11)25-7-15(16,17)18/h2-6H,7H2,1H3,(H,23,24). The van der Waals surface area contributed by atoms with E-state index in [1.54, 1.807) is 0 Å². The molecular formula is C15H11F3N2O5. The number of carbonyl (C=O) groups excluding carboxylic acids is 1. The molecule has 0 aliphatic heterocycles. The Hall–Kier alpha value is -3.17. The molecular weight excluding hydrogens is 345 g/mol. The first-order chi connectivity index (χ1) is 11.6. The number of carboxylic acid groups (broad SMARTS) is 1. The first-order valence-corrected chi connectivity index (χ1v) is 6.77. The molecule has 0 saturated carbocycles. The van der Waals surface area contributed by atoms with E-state index in [4.69, 9.17) is 5.11 Å². The maximum absolute atomic E-state index is 12.4. The minimum atomic E-state index is -4.61. The summed E-state index contributed by atoms with van der Waals surface area (Å²) in [5.74, 6) is -2.56. The van der Waals surface area contributed by atoms with Gasteiger partial charge in [-0.15, -0.1) is 0 Å². The molecule has 0 saturated heterocycles. The number of para-hydroxylation sites is 2. The van der Waals surface area contributed by atoms with Crippen LogP contribution in [0.5, 0.6) is 5.75 Å². The van der Waals surface area contributed by atoms with Crippen molar-refractivity contribution in [2.45, 2.75) is 13.1 Å². The number of ketones is 1. The van der Waals surface area contributed by atoms with E-state index in [9.17, 15) is 27.6 Å². The van der Waals surface area contributed by atoms with Crippen LogP contribution >= 0.6 is 0 Å². The van der Waals surface area contributed by atoms with Crippen LogP contribution in [0.15, 0.2) is 35.1 Å². The van der Waals surface area contributed by atoms with E-state index >= 15 is 0 Å². The number of carbonyl (C=O) groups is 2. The number of Topliss-reactive ketones (excluding diaryl/α,β-unsaturated/α-hetero) is 1. The molecule has 7 nitrogen and oxygen atoms in total. The number of alkyl halides is 3. The third-order valence-corrected chi connectivity index (χ3v) is 2.99. The van der Waals surface area contributed by atoms with E-state index in [1.165, 1.54) is 18.2 Å². The summed E-state index contributed by atoms with van der Waals surface area (Å²) in [6.45, 7) is -0.508. The van der Waals surface area contributed by atoms with Crippen molar-refractivity contribution in [1.82, 2.24) is 9.78 Å². The van der Waals surface area contributed by atoms with Gasteiger partial charge in [0.25, 0.3) is 5.56 Å². The number of benzene rings is 1. The molecule has 2 rings (SSSR count). The van der Waals surface area contributed by atoms with Crippen LogP contribution in [-0.4, -0.2) is 39.4 Å². The summed E-state index contributed by atoms with van der Waals surface area (Å²) in [5, 5.41) is 12.8. The smallest absolute Gasteiger partial charge is 0.422 e. The molecule has 1 N–H and O–H groups in total. The zero-order chi connectivity index (χ0) is 18.8. The molecule has 0 aliphatic rings. The maximum Gasteiger partial charge on any atom is 0.422 e. The SMILES string of the molecule is CC(=O)c1cc(C(=O)O)c(=O)n(-c2ccccc2OCC(F)(F)F)n1. The van der Waals surface area contributed by atoms with Gasteiger partial charge in [-0.05, 0) is 18.2 Å². The van der Waals surface area contributed by atoms with E-state index in [0.717, 1.165) is 19.1 Å². The average molecular weight is 356 g/mol. The molecule has 0 amide bonds. The molecule has 0 aliphatic carbocycles. The second-order valence-electron chi connectivity index (χ2n) is 4.89. The Morgan fingerprint density at radius 2 is 1.92 bits per heavy atom. The highest BCUT2D eigenvalue weighted by Gasteiger charge is 2.29. The molecule has 10 heteroatoms. The van der Waals surface area contributed by atoms with Crippen molar-refractivity contribution in [2.24, 2.45) is 0 Å². The van der Waals surface area contributed by atoms with Crippen molar-refractivity contribution >= 4 is 11.8 Å². The monoisotopic (exact) mass is 356 g/mol. The van der Waals surface area contributed by atoms with Crippen molar-refractivity contribution in [3.05, 3.63) is 51.9 Å². The van der Waals surface area contributed by atoms with E-state index in [-0.39, 0.29) is 17.1 Å². The van der Waals surface area contributed by atoms with Gasteiger partial charge < -0.3 is 9.84 Å². The molecule has 1 aromatic heterocycles. The molecule has 25 heavy (non-hydrogen) atoms. The highest BCUT2D eigenvalue weighted by atomic mass is 19.4. The Morgan fingerprint density at radius 1 is 1.28 bits per heavy atom. The summed E-state index contributed by atoms with van der Waals surface area (Å²) in [4.78, 5) is 35.0. The van der Waals surface area contributed by atoms with Gasteiger partial charge >= 0.3 is 12.1 Å². The third-order valence-electron chi connectivity index (χ3n) is 2.99. The Labute approximate surface area is 138 Å². The van der Waals surface area contributed by atoms with Crippen molar-refractivity contribution in [2.75, 3.05) is 6.61 Å². The van der Waals surface area contributed by atoms with Crippen molar-refractivity contribution in [1.29, 1.82) is 0 Å². The largest absolute Gasteiger partial charge is 0.482 e. The van der Waals surface area contributed by atoms with Gasteiger partial charge in [0, 0.05) is 6.92 Å². The number of ether oxygens (including phenoxy) is 1. The molecule has 0 spiro atoms.